The third-order valence-electron chi connectivity index (χ3n) is 2.41. The number of rotatable bonds is 1. The first kappa shape index (κ1) is 9.68. The molecule has 14 heavy (non-hydrogen) atoms. The number of nitrogens with one attached hydrogen (secondary N) is 1. The first-order valence-electron chi connectivity index (χ1n) is 4.79. The number of anilines is 1. The van der Waals surface area contributed by atoms with Crippen LogP contribution in [0.4, 0.5) is 5.00 Å². The van der Waals surface area contributed by atoms with Gasteiger partial charge in [0.25, 0.3) is 0 Å². The summed E-state index contributed by atoms with van der Waals surface area (Å²) in [5, 5.41) is 4.22. The fourth-order valence-electron chi connectivity index (χ4n) is 1.61. The summed E-state index contributed by atoms with van der Waals surface area (Å²) >= 11 is 1.68. The molecule has 2 heterocycles. The molecule has 76 valence electrons. The van der Waals surface area contributed by atoms with Gasteiger partial charge in [-0.15, -0.1) is 11.3 Å². The van der Waals surface area contributed by atoms with E-state index in [0.29, 0.717) is 0 Å². The summed E-state index contributed by atoms with van der Waals surface area (Å²) in [6.45, 7) is 5.63. The van der Waals surface area contributed by atoms with E-state index in [2.05, 4.69) is 18.3 Å². The fraction of sp³-hybridized carbons (Fsp3) is 0.500. The summed E-state index contributed by atoms with van der Waals surface area (Å²) in [5.74, 6) is 0.179. The molecule has 2 rings (SSSR count). The van der Waals surface area contributed by atoms with Crippen molar-refractivity contribution in [2.75, 3.05) is 18.0 Å². The van der Waals surface area contributed by atoms with E-state index in [9.17, 15) is 4.79 Å². The van der Waals surface area contributed by atoms with E-state index in [4.69, 9.17) is 0 Å². The van der Waals surface area contributed by atoms with Gasteiger partial charge in [-0.25, -0.2) is 0 Å². The van der Waals surface area contributed by atoms with E-state index in [1.54, 1.807) is 11.3 Å². The molecule has 3 nitrogen and oxygen atoms in total. The minimum Gasteiger partial charge on any atom is -0.304 e. The Bertz CT molecular complexity index is 348. The molecule has 0 saturated carbocycles. The number of thiophene rings is 1. The van der Waals surface area contributed by atoms with Gasteiger partial charge in [0.15, 0.2) is 0 Å². The van der Waals surface area contributed by atoms with Crippen LogP contribution in [0.3, 0.4) is 0 Å². The minimum absolute atomic E-state index is 0.0499. The Kier molecular flexibility index (Phi) is 2.56. The maximum absolute atomic E-state index is 11.8. The van der Waals surface area contributed by atoms with Gasteiger partial charge in [-0.05, 0) is 26.0 Å². The van der Waals surface area contributed by atoms with Gasteiger partial charge in [-0.1, -0.05) is 0 Å². The van der Waals surface area contributed by atoms with Gasteiger partial charge >= 0.3 is 0 Å². The molecule has 1 unspecified atom stereocenters. The lowest BCUT2D eigenvalue weighted by molar-refractivity contribution is -0.121. The van der Waals surface area contributed by atoms with Crippen molar-refractivity contribution in [3.8, 4) is 0 Å². The molecule has 1 aliphatic rings. The van der Waals surface area contributed by atoms with Gasteiger partial charge in [0, 0.05) is 18.0 Å². The Morgan fingerprint density at radius 2 is 2.36 bits per heavy atom. The van der Waals surface area contributed by atoms with Crippen molar-refractivity contribution in [2.24, 2.45) is 0 Å². The van der Waals surface area contributed by atoms with E-state index < -0.39 is 0 Å². The van der Waals surface area contributed by atoms with Crippen LogP contribution in [0.5, 0.6) is 0 Å². The number of carbonyl (C=O) groups is 1. The number of carbonyl (C=O) groups excluding carboxylic acids is 1. The van der Waals surface area contributed by atoms with Crippen LogP contribution in [0.25, 0.3) is 0 Å². The van der Waals surface area contributed by atoms with E-state index in [1.807, 2.05) is 17.9 Å². The Morgan fingerprint density at radius 1 is 1.57 bits per heavy atom. The third kappa shape index (κ3) is 1.67. The lowest BCUT2D eigenvalue weighted by atomic mass is 10.2. The van der Waals surface area contributed by atoms with Crippen LogP contribution < -0.4 is 10.2 Å². The van der Waals surface area contributed by atoms with E-state index in [0.717, 1.165) is 18.1 Å². The van der Waals surface area contributed by atoms with Crippen molar-refractivity contribution in [3.63, 3.8) is 0 Å². The second kappa shape index (κ2) is 3.71. The van der Waals surface area contributed by atoms with Gasteiger partial charge in [-0.3, -0.25) is 4.79 Å². The Morgan fingerprint density at radius 3 is 3.00 bits per heavy atom. The monoisotopic (exact) mass is 210 g/mol. The third-order valence-corrected chi connectivity index (χ3v) is 3.44. The van der Waals surface area contributed by atoms with Crippen LogP contribution in [0.2, 0.25) is 0 Å². The molecule has 1 aliphatic heterocycles. The van der Waals surface area contributed by atoms with Crippen LogP contribution >= 0.6 is 11.3 Å². The van der Waals surface area contributed by atoms with Crippen LogP contribution in [0.1, 0.15) is 11.8 Å². The average Bonchev–Trinajstić information content (AvgIpc) is 2.57. The minimum atomic E-state index is -0.0499. The van der Waals surface area contributed by atoms with Crippen molar-refractivity contribution in [2.45, 2.75) is 19.9 Å². The molecule has 1 fully saturated rings. The van der Waals surface area contributed by atoms with E-state index in [-0.39, 0.29) is 11.9 Å². The number of nitrogens with zero attached hydrogens (tertiary/aromatic N) is 1. The molecule has 1 saturated heterocycles. The molecular formula is C10H14N2OS. The van der Waals surface area contributed by atoms with Crippen LogP contribution in [0.15, 0.2) is 12.1 Å². The van der Waals surface area contributed by atoms with Gasteiger partial charge in [0.2, 0.25) is 5.91 Å². The predicted octanol–water partition coefficient (Wildman–Crippen LogP) is 1.38. The summed E-state index contributed by atoms with van der Waals surface area (Å²) < 4.78 is 0. The first-order chi connectivity index (χ1) is 6.68. The van der Waals surface area contributed by atoms with Crippen molar-refractivity contribution in [1.29, 1.82) is 0 Å². The Balaban J connectivity index is 2.21. The lowest BCUT2D eigenvalue weighted by Crippen LogP contribution is -2.53. The SMILES string of the molecule is Cc1ccc(N2CCNC(C)C2=O)s1. The highest BCUT2D eigenvalue weighted by Gasteiger charge is 2.26. The standard InChI is InChI=1S/C10H14N2OS/c1-7-3-4-9(14-7)12-6-5-11-8(2)10(12)13/h3-4,8,11H,5-6H2,1-2H3. The molecule has 1 N–H and O–H groups in total. The van der Waals surface area contributed by atoms with Crippen molar-refractivity contribution < 1.29 is 4.79 Å². The molecule has 1 aromatic heterocycles. The molecular weight excluding hydrogens is 196 g/mol. The Hall–Kier alpha value is -0.870. The number of piperazine rings is 1. The zero-order chi connectivity index (χ0) is 10.1. The normalized spacial score (nSPS) is 22.9. The van der Waals surface area contributed by atoms with Gasteiger partial charge in [0.05, 0.1) is 11.0 Å². The quantitative estimate of drug-likeness (QED) is 0.759. The molecule has 0 aliphatic carbocycles. The molecule has 4 heteroatoms. The fourth-order valence-corrected chi connectivity index (χ4v) is 2.50. The van der Waals surface area contributed by atoms with Gasteiger partial charge < -0.3 is 10.2 Å². The molecule has 1 amide bonds. The van der Waals surface area contributed by atoms with Crippen LogP contribution in [-0.2, 0) is 4.79 Å². The molecule has 0 spiro atoms. The molecule has 1 atom stereocenters. The molecule has 1 aromatic rings. The number of aryl methyl sites for hydroxylation is 1. The topological polar surface area (TPSA) is 32.3 Å². The average molecular weight is 210 g/mol. The zero-order valence-electron chi connectivity index (χ0n) is 8.41. The molecule has 0 radical (unpaired) electrons. The predicted molar refractivity (Wildman–Crippen MR) is 58.9 cm³/mol. The second-order valence-corrected chi connectivity index (χ2v) is 4.82. The highest BCUT2D eigenvalue weighted by Crippen LogP contribution is 2.26. The van der Waals surface area contributed by atoms with Crippen molar-refractivity contribution in [3.05, 3.63) is 17.0 Å². The molecule has 0 aromatic carbocycles. The maximum atomic E-state index is 11.8. The van der Waals surface area contributed by atoms with E-state index >= 15 is 0 Å². The summed E-state index contributed by atoms with van der Waals surface area (Å²) in [5.41, 5.74) is 0. The van der Waals surface area contributed by atoms with Crippen molar-refractivity contribution in [1.82, 2.24) is 5.32 Å². The zero-order valence-corrected chi connectivity index (χ0v) is 9.23. The number of amides is 1. The van der Waals surface area contributed by atoms with E-state index in [1.165, 1.54) is 4.88 Å². The molecule has 0 bridgehead atoms. The number of hydrogen-bond donors (Lipinski definition) is 1. The lowest BCUT2D eigenvalue weighted by Gasteiger charge is -2.30. The maximum Gasteiger partial charge on any atom is 0.244 e. The largest absolute Gasteiger partial charge is 0.304 e. The summed E-state index contributed by atoms with van der Waals surface area (Å²) in [6, 6.07) is 4.03. The summed E-state index contributed by atoms with van der Waals surface area (Å²) in [4.78, 5) is 14.9. The highest BCUT2D eigenvalue weighted by atomic mass is 32.1. The van der Waals surface area contributed by atoms with Crippen LogP contribution in [-0.4, -0.2) is 25.0 Å². The van der Waals surface area contributed by atoms with Gasteiger partial charge in [-0.2, -0.15) is 0 Å². The van der Waals surface area contributed by atoms with Gasteiger partial charge in [0.1, 0.15) is 0 Å². The van der Waals surface area contributed by atoms with Crippen molar-refractivity contribution >= 4 is 22.2 Å². The Labute approximate surface area is 87.7 Å². The summed E-state index contributed by atoms with van der Waals surface area (Å²) in [7, 11) is 0. The first-order valence-corrected chi connectivity index (χ1v) is 5.61. The smallest absolute Gasteiger partial charge is 0.244 e. The highest BCUT2D eigenvalue weighted by molar-refractivity contribution is 7.16. The second-order valence-electron chi connectivity index (χ2n) is 3.55. The summed E-state index contributed by atoms with van der Waals surface area (Å²) in [6.07, 6.45) is 0. The number of hydrogen-bond acceptors (Lipinski definition) is 3. The van der Waals surface area contributed by atoms with Crippen LogP contribution in [0, 0.1) is 6.92 Å².